The van der Waals surface area contributed by atoms with Crippen molar-refractivity contribution in [1.82, 2.24) is 10.6 Å². The first kappa shape index (κ1) is 37.8. The van der Waals surface area contributed by atoms with Crippen LogP contribution < -0.4 is 15.4 Å². The van der Waals surface area contributed by atoms with Crippen LogP contribution in [0.3, 0.4) is 0 Å². The summed E-state index contributed by atoms with van der Waals surface area (Å²) in [5, 5.41) is 15.9. The summed E-state index contributed by atoms with van der Waals surface area (Å²) in [5.74, 6) is -1.37. The molecular weight excluding hydrogens is 604 g/mol. The van der Waals surface area contributed by atoms with E-state index < -0.39 is 18.0 Å². The Morgan fingerprint density at radius 3 is 1.94 bits per heavy atom. The van der Waals surface area contributed by atoms with Gasteiger partial charge in [-0.05, 0) is 60.4 Å². The Kier molecular flexibility index (Phi) is 16.1. The van der Waals surface area contributed by atoms with Crippen LogP contribution in [0.4, 0.5) is 0 Å². The molecule has 3 rings (SSSR count). The Bertz CT molecular complexity index is 1430. The molecule has 0 aliphatic heterocycles. The molecule has 2 amide bonds. The van der Waals surface area contributed by atoms with Crippen LogP contribution in [0.15, 0.2) is 110 Å². The Labute approximate surface area is 285 Å². The van der Waals surface area contributed by atoms with Gasteiger partial charge in [0.2, 0.25) is 11.8 Å². The van der Waals surface area contributed by atoms with Gasteiger partial charge in [0.1, 0.15) is 19.0 Å². The average Bonchev–Trinajstić information content (AvgIpc) is 3.09. The quantitative estimate of drug-likeness (QED) is 0.0962. The topological polar surface area (TPSA) is 114 Å². The number of benzene rings is 3. The predicted molar refractivity (Wildman–Crippen MR) is 189 cm³/mol. The second kappa shape index (κ2) is 20.5. The lowest BCUT2D eigenvalue weighted by molar-refractivity contribution is -0.150. The summed E-state index contributed by atoms with van der Waals surface area (Å²) < 4.78 is 11.6. The van der Waals surface area contributed by atoms with Gasteiger partial charge in [-0.2, -0.15) is 0 Å². The molecule has 0 radical (unpaired) electrons. The highest BCUT2D eigenvalue weighted by Gasteiger charge is 2.27. The predicted octanol–water partition coefficient (Wildman–Crippen LogP) is 5.99. The number of rotatable bonds is 21. The SMILES string of the molecule is C=CCC(CC(=O)NC(CO)Cc1ccc(OCc2ccccc2)cc1)C(=O)NC(COC(=O)C(CC=C)Cc1ccccc1)C(C)C. The van der Waals surface area contributed by atoms with E-state index in [2.05, 4.69) is 23.8 Å². The second-order valence-electron chi connectivity index (χ2n) is 12.4. The maximum absolute atomic E-state index is 13.4. The van der Waals surface area contributed by atoms with E-state index in [1.807, 2.05) is 98.8 Å². The Morgan fingerprint density at radius 2 is 1.35 bits per heavy atom. The fourth-order valence-corrected chi connectivity index (χ4v) is 5.26. The summed E-state index contributed by atoms with van der Waals surface area (Å²) in [4.78, 5) is 39.4. The number of esters is 1. The van der Waals surface area contributed by atoms with Gasteiger partial charge < -0.3 is 25.2 Å². The molecule has 0 aliphatic rings. The van der Waals surface area contributed by atoms with Gasteiger partial charge in [0, 0.05) is 6.42 Å². The van der Waals surface area contributed by atoms with Crippen LogP contribution in [0.2, 0.25) is 0 Å². The Hall–Kier alpha value is -4.69. The molecule has 4 atom stereocenters. The van der Waals surface area contributed by atoms with Crippen LogP contribution in [0.5, 0.6) is 5.75 Å². The third-order valence-electron chi connectivity index (χ3n) is 8.14. The molecule has 8 heteroatoms. The molecule has 3 aromatic rings. The largest absolute Gasteiger partial charge is 0.489 e. The van der Waals surface area contributed by atoms with E-state index in [9.17, 15) is 19.5 Å². The third-order valence-corrected chi connectivity index (χ3v) is 8.14. The van der Waals surface area contributed by atoms with Gasteiger partial charge in [0.25, 0.3) is 0 Å². The van der Waals surface area contributed by atoms with Crippen LogP contribution in [-0.2, 0) is 38.6 Å². The highest BCUT2D eigenvalue weighted by atomic mass is 16.5. The molecule has 0 saturated carbocycles. The number of hydrogen-bond acceptors (Lipinski definition) is 6. The van der Waals surface area contributed by atoms with Gasteiger partial charge in [0.05, 0.1) is 30.5 Å². The Balaban J connectivity index is 1.51. The average molecular weight is 655 g/mol. The van der Waals surface area contributed by atoms with Crippen LogP contribution in [0.1, 0.15) is 49.8 Å². The minimum absolute atomic E-state index is 0.0142. The van der Waals surface area contributed by atoms with Crippen molar-refractivity contribution in [3.05, 3.63) is 127 Å². The van der Waals surface area contributed by atoms with Gasteiger partial charge in [-0.3, -0.25) is 14.4 Å². The van der Waals surface area contributed by atoms with E-state index in [0.29, 0.717) is 25.9 Å². The van der Waals surface area contributed by atoms with Crippen LogP contribution >= 0.6 is 0 Å². The van der Waals surface area contributed by atoms with Gasteiger partial charge in [-0.1, -0.05) is 98.8 Å². The fraction of sp³-hybridized carbons (Fsp3) is 0.375. The van der Waals surface area contributed by atoms with E-state index in [1.165, 1.54) is 0 Å². The minimum Gasteiger partial charge on any atom is -0.489 e. The molecule has 48 heavy (non-hydrogen) atoms. The van der Waals surface area contributed by atoms with Crippen molar-refractivity contribution in [3.8, 4) is 5.75 Å². The highest BCUT2D eigenvalue weighted by Crippen LogP contribution is 2.18. The molecule has 3 N–H and O–H groups in total. The number of aliphatic hydroxyl groups excluding tert-OH is 1. The molecule has 0 fully saturated rings. The lowest BCUT2D eigenvalue weighted by Crippen LogP contribution is -2.47. The van der Waals surface area contributed by atoms with Crippen molar-refractivity contribution in [2.24, 2.45) is 17.8 Å². The van der Waals surface area contributed by atoms with E-state index in [-0.39, 0.29) is 55.7 Å². The van der Waals surface area contributed by atoms with E-state index in [0.717, 1.165) is 22.4 Å². The first-order valence-electron chi connectivity index (χ1n) is 16.6. The van der Waals surface area contributed by atoms with Crippen molar-refractivity contribution in [3.63, 3.8) is 0 Å². The zero-order valence-electron chi connectivity index (χ0n) is 28.2. The zero-order chi connectivity index (χ0) is 34.7. The molecule has 0 saturated heterocycles. The summed E-state index contributed by atoms with van der Waals surface area (Å²) in [5.41, 5.74) is 3.03. The maximum atomic E-state index is 13.4. The molecule has 0 aromatic heterocycles. The number of ether oxygens (including phenoxy) is 2. The standard InChI is InChI=1S/C40H50N2O6/c1-5-13-33(39(45)42-37(29(3)4)28-48-40(46)34(14-6-2)23-30-15-9-7-10-16-30)25-38(44)41-35(26-43)24-31-19-21-36(22-20-31)47-27-32-17-11-8-12-18-32/h5-12,15-22,29,33-35,37,43H,1-2,13-14,23-28H2,3-4H3,(H,41,44)(H,42,45). The summed E-state index contributed by atoms with van der Waals surface area (Å²) in [6.45, 7) is 11.6. The zero-order valence-corrected chi connectivity index (χ0v) is 28.2. The van der Waals surface area contributed by atoms with Gasteiger partial charge >= 0.3 is 5.97 Å². The van der Waals surface area contributed by atoms with Crippen LogP contribution in [0.25, 0.3) is 0 Å². The lowest BCUT2D eigenvalue weighted by atomic mass is 9.96. The minimum atomic E-state index is -0.675. The molecular formula is C40H50N2O6. The van der Waals surface area contributed by atoms with Gasteiger partial charge in [-0.15, -0.1) is 13.2 Å². The number of amides is 2. The third kappa shape index (κ3) is 13.2. The van der Waals surface area contributed by atoms with Crippen molar-refractivity contribution >= 4 is 17.8 Å². The first-order valence-corrected chi connectivity index (χ1v) is 16.6. The number of carbonyl (C=O) groups is 3. The van der Waals surface area contributed by atoms with Gasteiger partial charge in [-0.25, -0.2) is 0 Å². The van der Waals surface area contributed by atoms with Crippen molar-refractivity contribution in [2.75, 3.05) is 13.2 Å². The summed E-state index contributed by atoms with van der Waals surface area (Å²) in [6.07, 6.45) is 4.95. The number of aliphatic hydroxyl groups is 1. The Morgan fingerprint density at radius 1 is 0.771 bits per heavy atom. The van der Waals surface area contributed by atoms with Gasteiger partial charge in [0.15, 0.2) is 0 Å². The maximum Gasteiger partial charge on any atom is 0.309 e. The molecule has 8 nitrogen and oxygen atoms in total. The monoisotopic (exact) mass is 654 g/mol. The van der Waals surface area contributed by atoms with Crippen LogP contribution in [-0.4, -0.2) is 48.2 Å². The number of nitrogens with one attached hydrogen (secondary N) is 2. The van der Waals surface area contributed by atoms with Crippen molar-refractivity contribution < 1.29 is 29.0 Å². The molecule has 3 aromatic carbocycles. The molecule has 256 valence electrons. The van der Waals surface area contributed by atoms with Crippen molar-refractivity contribution in [2.45, 2.75) is 64.6 Å². The molecule has 0 heterocycles. The summed E-state index contributed by atoms with van der Waals surface area (Å²) >= 11 is 0. The van der Waals surface area contributed by atoms with E-state index in [1.54, 1.807) is 12.2 Å². The fourth-order valence-electron chi connectivity index (χ4n) is 5.26. The lowest BCUT2D eigenvalue weighted by Gasteiger charge is -2.26. The smallest absolute Gasteiger partial charge is 0.309 e. The number of allylic oxidation sites excluding steroid dienone is 2. The second-order valence-corrected chi connectivity index (χ2v) is 12.4. The highest BCUT2D eigenvalue weighted by molar-refractivity contribution is 5.86. The van der Waals surface area contributed by atoms with E-state index in [4.69, 9.17) is 9.47 Å². The first-order chi connectivity index (χ1) is 23.2. The summed E-state index contributed by atoms with van der Waals surface area (Å²) in [6, 6.07) is 26.2. The normalized spacial score (nSPS) is 13.4. The molecule has 4 unspecified atom stereocenters. The number of carbonyl (C=O) groups excluding carboxylic acids is 3. The summed E-state index contributed by atoms with van der Waals surface area (Å²) in [7, 11) is 0. The molecule has 0 aliphatic carbocycles. The molecule has 0 bridgehead atoms. The van der Waals surface area contributed by atoms with Crippen LogP contribution in [0, 0.1) is 17.8 Å². The number of hydrogen-bond donors (Lipinski definition) is 3. The van der Waals surface area contributed by atoms with E-state index >= 15 is 0 Å². The molecule has 0 spiro atoms. The van der Waals surface area contributed by atoms with Crippen molar-refractivity contribution in [1.29, 1.82) is 0 Å².